The summed E-state index contributed by atoms with van der Waals surface area (Å²) in [6, 6.07) is 9.65. The summed E-state index contributed by atoms with van der Waals surface area (Å²) >= 11 is 1.33. The highest BCUT2D eigenvalue weighted by Gasteiger charge is 2.19. The van der Waals surface area contributed by atoms with E-state index in [1.807, 2.05) is 30.3 Å². The number of anilines is 1. The van der Waals surface area contributed by atoms with Gasteiger partial charge in [-0.3, -0.25) is 9.59 Å². The van der Waals surface area contributed by atoms with E-state index in [0.29, 0.717) is 17.5 Å². The van der Waals surface area contributed by atoms with Gasteiger partial charge in [-0.05, 0) is 31.8 Å². The Morgan fingerprint density at radius 3 is 2.78 bits per heavy atom. The molecule has 0 aliphatic carbocycles. The summed E-state index contributed by atoms with van der Waals surface area (Å²) in [5, 5.41) is 6.72. The van der Waals surface area contributed by atoms with Crippen molar-refractivity contribution in [1.29, 1.82) is 0 Å². The summed E-state index contributed by atoms with van der Waals surface area (Å²) in [5.74, 6) is 0.221. The van der Waals surface area contributed by atoms with E-state index in [4.69, 9.17) is 4.74 Å². The number of nitrogens with one attached hydrogen (secondary N) is 2. The largest absolute Gasteiger partial charge is 0.469 e. The van der Waals surface area contributed by atoms with Crippen LogP contribution in [-0.2, 0) is 20.7 Å². The second-order valence-corrected chi connectivity index (χ2v) is 7.44. The normalized spacial score (nSPS) is 15.8. The van der Waals surface area contributed by atoms with Gasteiger partial charge in [0.15, 0.2) is 5.13 Å². The average Bonchev–Trinajstić information content (AvgIpc) is 3.30. The average molecular weight is 410 g/mol. The van der Waals surface area contributed by atoms with Crippen molar-refractivity contribution in [2.75, 3.05) is 25.5 Å². The summed E-state index contributed by atoms with van der Waals surface area (Å²) in [6.45, 7) is 2.03. The van der Waals surface area contributed by atoms with Gasteiger partial charge in [0, 0.05) is 16.9 Å². The van der Waals surface area contributed by atoms with E-state index >= 15 is 0 Å². The zero-order valence-electron chi connectivity index (χ0n) is 15.2. The number of thiazole rings is 1. The molecule has 1 aliphatic heterocycles. The molecule has 3 rings (SSSR count). The zero-order valence-corrected chi connectivity index (χ0v) is 16.8. The molecule has 1 aromatic heterocycles. The number of methoxy groups -OCH3 is 1. The molecule has 0 bridgehead atoms. The first-order chi connectivity index (χ1) is 12.7. The first-order valence-electron chi connectivity index (χ1n) is 8.78. The van der Waals surface area contributed by atoms with Crippen LogP contribution in [-0.4, -0.2) is 37.1 Å². The molecular weight excluding hydrogens is 386 g/mol. The van der Waals surface area contributed by atoms with Crippen molar-refractivity contribution in [2.24, 2.45) is 5.92 Å². The van der Waals surface area contributed by atoms with Crippen LogP contribution in [0.2, 0.25) is 0 Å². The summed E-state index contributed by atoms with van der Waals surface area (Å²) in [7, 11) is 1.37. The minimum Gasteiger partial charge on any atom is -0.469 e. The summed E-state index contributed by atoms with van der Waals surface area (Å²) in [6.07, 6.45) is 2.64. The zero-order chi connectivity index (χ0) is 18.4. The van der Waals surface area contributed by atoms with Gasteiger partial charge in [-0.2, -0.15) is 0 Å². The van der Waals surface area contributed by atoms with E-state index < -0.39 is 0 Å². The maximum Gasteiger partial charge on any atom is 0.310 e. The van der Waals surface area contributed by atoms with Crippen molar-refractivity contribution < 1.29 is 14.3 Å². The van der Waals surface area contributed by atoms with Gasteiger partial charge in [0.1, 0.15) is 0 Å². The fourth-order valence-corrected chi connectivity index (χ4v) is 4.01. The van der Waals surface area contributed by atoms with Crippen molar-refractivity contribution in [3.05, 3.63) is 35.2 Å². The van der Waals surface area contributed by atoms with Gasteiger partial charge in [-0.1, -0.05) is 30.3 Å². The van der Waals surface area contributed by atoms with Gasteiger partial charge < -0.3 is 15.4 Å². The van der Waals surface area contributed by atoms with Gasteiger partial charge in [-0.15, -0.1) is 23.7 Å². The third-order valence-electron chi connectivity index (χ3n) is 4.47. The van der Waals surface area contributed by atoms with Crippen molar-refractivity contribution in [3.63, 3.8) is 0 Å². The number of amides is 1. The highest BCUT2D eigenvalue weighted by Crippen LogP contribution is 2.32. The molecule has 1 fully saturated rings. The fourth-order valence-electron chi connectivity index (χ4n) is 3.03. The van der Waals surface area contributed by atoms with Crippen molar-refractivity contribution in [2.45, 2.75) is 25.7 Å². The van der Waals surface area contributed by atoms with Crippen LogP contribution in [0.3, 0.4) is 0 Å². The third-order valence-corrected chi connectivity index (χ3v) is 5.44. The van der Waals surface area contributed by atoms with Crippen LogP contribution in [0.4, 0.5) is 5.13 Å². The van der Waals surface area contributed by atoms with Crippen molar-refractivity contribution in [1.82, 2.24) is 10.3 Å². The van der Waals surface area contributed by atoms with Gasteiger partial charge >= 0.3 is 5.97 Å². The van der Waals surface area contributed by atoms with Crippen LogP contribution < -0.4 is 10.6 Å². The molecule has 1 unspecified atom stereocenters. The second kappa shape index (κ2) is 10.4. The monoisotopic (exact) mass is 409 g/mol. The minimum atomic E-state index is -0.322. The lowest BCUT2D eigenvalue weighted by Gasteiger charge is -2.07. The van der Waals surface area contributed by atoms with E-state index in [0.717, 1.165) is 42.1 Å². The lowest BCUT2D eigenvalue weighted by atomic mass is 10.0. The fraction of sp³-hybridized carbons (Fsp3) is 0.421. The molecule has 0 saturated carbocycles. The molecule has 146 valence electrons. The molecule has 27 heavy (non-hydrogen) atoms. The molecular formula is C19H24ClN3O3S. The lowest BCUT2D eigenvalue weighted by molar-refractivity contribution is -0.139. The smallest absolute Gasteiger partial charge is 0.310 e. The SMILES string of the molecule is COC(=O)Cc1sc(NC(=O)CCC2CCNC2)nc1-c1ccccc1.Cl. The number of ether oxygens (including phenoxy) is 1. The van der Waals surface area contributed by atoms with Gasteiger partial charge in [0.2, 0.25) is 5.91 Å². The topological polar surface area (TPSA) is 80.3 Å². The lowest BCUT2D eigenvalue weighted by Crippen LogP contribution is -2.14. The number of halogens is 1. The van der Waals surface area contributed by atoms with Crippen LogP contribution in [0.25, 0.3) is 11.3 Å². The molecule has 2 heterocycles. The Morgan fingerprint density at radius 1 is 1.33 bits per heavy atom. The number of aromatic nitrogens is 1. The third kappa shape index (κ3) is 6.02. The van der Waals surface area contributed by atoms with Gasteiger partial charge in [0.05, 0.1) is 19.2 Å². The Hall–Kier alpha value is -1.96. The number of carbonyl (C=O) groups is 2. The Kier molecular flexibility index (Phi) is 8.22. The number of benzene rings is 1. The van der Waals surface area contributed by atoms with E-state index in [2.05, 4.69) is 15.6 Å². The summed E-state index contributed by atoms with van der Waals surface area (Å²) in [4.78, 5) is 29.3. The van der Waals surface area contributed by atoms with Gasteiger partial charge in [-0.25, -0.2) is 4.98 Å². The quantitative estimate of drug-likeness (QED) is 0.686. The predicted molar refractivity (Wildman–Crippen MR) is 109 cm³/mol. The van der Waals surface area contributed by atoms with Crippen molar-refractivity contribution >= 4 is 40.8 Å². The highest BCUT2D eigenvalue weighted by molar-refractivity contribution is 7.16. The molecule has 1 saturated heterocycles. The number of carbonyl (C=O) groups excluding carboxylic acids is 2. The number of rotatable bonds is 7. The predicted octanol–water partition coefficient (Wildman–Crippen LogP) is 3.28. The molecule has 1 aromatic carbocycles. The van der Waals surface area contributed by atoms with E-state index in [9.17, 15) is 9.59 Å². The van der Waals surface area contributed by atoms with E-state index in [-0.39, 0.29) is 30.7 Å². The standard InChI is InChI=1S/C19H23N3O3S.ClH/c1-25-17(24)11-15-18(14-5-3-2-4-6-14)22-19(26-15)21-16(23)8-7-13-9-10-20-12-13;/h2-6,13,20H,7-12H2,1H3,(H,21,22,23);1H. The Bertz CT molecular complexity index is 761. The van der Waals surface area contributed by atoms with Gasteiger partial charge in [0.25, 0.3) is 0 Å². The number of esters is 1. The first kappa shape index (κ1) is 21.3. The van der Waals surface area contributed by atoms with Crippen LogP contribution in [0, 0.1) is 5.92 Å². The van der Waals surface area contributed by atoms with Crippen LogP contribution in [0.1, 0.15) is 24.1 Å². The number of hydrogen-bond acceptors (Lipinski definition) is 6. The molecule has 6 nitrogen and oxygen atoms in total. The first-order valence-corrected chi connectivity index (χ1v) is 9.60. The van der Waals surface area contributed by atoms with Crippen LogP contribution in [0.15, 0.2) is 30.3 Å². The Morgan fingerprint density at radius 2 is 2.11 bits per heavy atom. The molecule has 1 aliphatic rings. The highest BCUT2D eigenvalue weighted by atomic mass is 35.5. The molecule has 1 atom stereocenters. The van der Waals surface area contributed by atoms with Crippen molar-refractivity contribution in [3.8, 4) is 11.3 Å². The molecule has 0 spiro atoms. The molecule has 8 heteroatoms. The Labute approximate surface area is 169 Å². The molecule has 0 radical (unpaired) electrons. The second-order valence-electron chi connectivity index (χ2n) is 6.36. The molecule has 2 aromatic rings. The van der Waals surface area contributed by atoms with Crippen LogP contribution in [0.5, 0.6) is 0 Å². The maximum absolute atomic E-state index is 12.2. The number of nitrogens with zero attached hydrogens (tertiary/aromatic N) is 1. The van der Waals surface area contributed by atoms with E-state index in [1.54, 1.807) is 0 Å². The summed E-state index contributed by atoms with van der Waals surface area (Å²) in [5.41, 5.74) is 1.64. The molecule has 2 N–H and O–H groups in total. The maximum atomic E-state index is 12.2. The summed E-state index contributed by atoms with van der Waals surface area (Å²) < 4.78 is 4.78. The number of hydrogen-bond donors (Lipinski definition) is 2. The Balaban J connectivity index is 0.00000261. The van der Waals surface area contributed by atoms with E-state index in [1.165, 1.54) is 18.4 Å². The molecule has 1 amide bonds. The minimum absolute atomic E-state index is 0. The van der Waals surface area contributed by atoms with Crippen LogP contribution >= 0.6 is 23.7 Å².